The largest absolute Gasteiger partial charge is 0.494 e. The second-order valence-corrected chi connectivity index (χ2v) is 4.62. The van der Waals surface area contributed by atoms with E-state index in [4.69, 9.17) is 22.2 Å². The van der Waals surface area contributed by atoms with Crippen LogP contribution in [0, 0.1) is 5.82 Å². The van der Waals surface area contributed by atoms with Crippen molar-refractivity contribution < 1.29 is 9.13 Å². The molecule has 0 amide bonds. The Morgan fingerprint density at radius 3 is 2.55 bits per heavy atom. The zero-order valence-electron chi connectivity index (χ0n) is 11.1. The normalized spacial score (nSPS) is 12.2. The van der Waals surface area contributed by atoms with Crippen LogP contribution in [0.4, 0.5) is 4.39 Å². The van der Waals surface area contributed by atoms with Crippen molar-refractivity contribution in [3.05, 3.63) is 64.4 Å². The van der Waals surface area contributed by atoms with Crippen molar-refractivity contribution in [2.45, 2.75) is 13.0 Å². The summed E-state index contributed by atoms with van der Waals surface area (Å²) in [7, 11) is 0. The second-order valence-electron chi connectivity index (χ2n) is 4.24. The molecular weight excluding hydrogens is 279 g/mol. The van der Waals surface area contributed by atoms with Crippen LogP contribution in [0.3, 0.4) is 0 Å². The lowest BCUT2D eigenvalue weighted by molar-refractivity contribution is 0.340. The van der Waals surface area contributed by atoms with Crippen LogP contribution >= 0.6 is 11.6 Å². The molecule has 0 bridgehead atoms. The van der Waals surface area contributed by atoms with Gasteiger partial charge in [-0.05, 0) is 36.2 Å². The first-order chi connectivity index (χ1) is 9.67. The summed E-state index contributed by atoms with van der Waals surface area (Å²) in [6.45, 7) is 2.53. The first-order valence-corrected chi connectivity index (χ1v) is 6.68. The zero-order valence-corrected chi connectivity index (χ0v) is 11.8. The van der Waals surface area contributed by atoms with Gasteiger partial charge in [0.1, 0.15) is 11.6 Å². The number of halogens is 2. The van der Waals surface area contributed by atoms with Gasteiger partial charge in [0.05, 0.1) is 17.7 Å². The number of hydrogen-bond acceptors (Lipinski definition) is 3. The first kappa shape index (κ1) is 14.8. The van der Waals surface area contributed by atoms with Crippen LogP contribution in [0.25, 0.3) is 0 Å². The molecule has 2 rings (SSSR count). The Balaban J connectivity index is 2.34. The van der Waals surface area contributed by atoms with Gasteiger partial charge in [-0.25, -0.2) is 9.82 Å². The summed E-state index contributed by atoms with van der Waals surface area (Å²) in [6, 6.07) is 11.7. The number of ether oxygens (including phenoxy) is 1. The molecule has 0 fully saturated rings. The maximum atomic E-state index is 13.5. The minimum atomic E-state index is -0.463. The van der Waals surface area contributed by atoms with Gasteiger partial charge in [-0.15, -0.1) is 0 Å². The zero-order chi connectivity index (χ0) is 14.5. The van der Waals surface area contributed by atoms with E-state index in [1.807, 2.05) is 31.2 Å². The third-order valence-electron chi connectivity index (χ3n) is 2.98. The Morgan fingerprint density at radius 1 is 1.25 bits per heavy atom. The van der Waals surface area contributed by atoms with E-state index in [0.29, 0.717) is 12.2 Å². The molecule has 3 nitrogen and oxygen atoms in total. The van der Waals surface area contributed by atoms with Crippen LogP contribution in [-0.4, -0.2) is 6.61 Å². The molecule has 106 valence electrons. The Bertz CT molecular complexity index is 575. The minimum absolute atomic E-state index is 0.0735. The fraction of sp³-hybridized carbons (Fsp3) is 0.200. The van der Waals surface area contributed by atoms with E-state index in [-0.39, 0.29) is 11.1 Å². The van der Waals surface area contributed by atoms with Crippen LogP contribution in [0.1, 0.15) is 24.1 Å². The Morgan fingerprint density at radius 2 is 1.95 bits per heavy atom. The number of nitrogens with two attached hydrogens (primary N) is 1. The molecule has 5 heteroatoms. The van der Waals surface area contributed by atoms with Crippen LogP contribution in [-0.2, 0) is 0 Å². The van der Waals surface area contributed by atoms with Crippen LogP contribution in [0.5, 0.6) is 5.75 Å². The van der Waals surface area contributed by atoms with Gasteiger partial charge in [0.15, 0.2) is 0 Å². The fourth-order valence-corrected chi connectivity index (χ4v) is 2.27. The molecule has 0 aliphatic carbocycles. The van der Waals surface area contributed by atoms with E-state index >= 15 is 0 Å². The van der Waals surface area contributed by atoms with Gasteiger partial charge in [0.25, 0.3) is 0 Å². The topological polar surface area (TPSA) is 47.3 Å². The summed E-state index contributed by atoms with van der Waals surface area (Å²) in [5.74, 6) is 5.90. The van der Waals surface area contributed by atoms with E-state index in [2.05, 4.69) is 5.43 Å². The maximum Gasteiger partial charge on any atom is 0.142 e. The number of hydrazine groups is 1. The molecule has 0 radical (unpaired) electrons. The molecule has 2 aromatic rings. The summed E-state index contributed by atoms with van der Waals surface area (Å²) in [6.07, 6.45) is 0. The van der Waals surface area contributed by atoms with Crippen molar-refractivity contribution in [3.8, 4) is 5.75 Å². The molecule has 0 aromatic heterocycles. The molecule has 1 unspecified atom stereocenters. The lowest BCUT2D eigenvalue weighted by Gasteiger charge is -2.18. The molecule has 0 heterocycles. The number of hydrogen-bond donors (Lipinski definition) is 2. The maximum absolute atomic E-state index is 13.5. The summed E-state index contributed by atoms with van der Waals surface area (Å²) >= 11 is 6.00. The summed E-state index contributed by atoms with van der Waals surface area (Å²) in [4.78, 5) is 0. The van der Waals surface area contributed by atoms with Gasteiger partial charge in [-0.1, -0.05) is 35.9 Å². The smallest absolute Gasteiger partial charge is 0.142 e. The van der Waals surface area contributed by atoms with Crippen molar-refractivity contribution in [2.75, 3.05) is 6.61 Å². The Labute approximate surface area is 122 Å². The average molecular weight is 295 g/mol. The lowest BCUT2D eigenvalue weighted by atomic mass is 9.99. The third kappa shape index (κ3) is 3.10. The van der Waals surface area contributed by atoms with Crippen molar-refractivity contribution in [1.82, 2.24) is 5.43 Å². The molecule has 1 atom stereocenters. The second kappa shape index (κ2) is 6.70. The van der Waals surface area contributed by atoms with E-state index in [9.17, 15) is 4.39 Å². The monoisotopic (exact) mass is 294 g/mol. The average Bonchev–Trinajstić information content (AvgIpc) is 2.46. The van der Waals surface area contributed by atoms with Crippen molar-refractivity contribution >= 4 is 11.6 Å². The van der Waals surface area contributed by atoms with Crippen LogP contribution in [0.15, 0.2) is 42.5 Å². The number of rotatable bonds is 5. The first-order valence-electron chi connectivity index (χ1n) is 6.30. The Kier molecular flexibility index (Phi) is 4.95. The van der Waals surface area contributed by atoms with E-state index in [0.717, 1.165) is 11.3 Å². The SMILES string of the molecule is CCOc1ccc(C(NN)c2cccc(F)c2Cl)cc1. The summed E-state index contributed by atoms with van der Waals surface area (Å²) < 4.78 is 18.9. The molecule has 0 saturated carbocycles. The predicted molar refractivity (Wildman–Crippen MR) is 78.2 cm³/mol. The van der Waals surface area contributed by atoms with Crippen molar-refractivity contribution in [3.63, 3.8) is 0 Å². The highest BCUT2D eigenvalue weighted by molar-refractivity contribution is 6.31. The lowest BCUT2D eigenvalue weighted by Crippen LogP contribution is -2.29. The standard InChI is InChI=1S/C15H16ClFN2O/c1-2-20-11-8-6-10(7-9-11)15(19-18)12-4-3-5-13(17)14(12)16/h3-9,15,19H,2,18H2,1H3. The fourth-order valence-electron chi connectivity index (χ4n) is 2.03. The molecule has 0 saturated heterocycles. The van der Waals surface area contributed by atoms with Gasteiger partial charge in [0.2, 0.25) is 0 Å². The molecule has 20 heavy (non-hydrogen) atoms. The van der Waals surface area contributed by atoms with E-state index < -0.39 is 5.82 Å². The minimum Gasteiger partial charge on any atom is -0.494 e. The molecule has 2 aromatic carbocycles. The third-order valence-corrected chi connectivity index (χ3v) is 3.38. The quantitative estimate of drug-likeness (QED) is 0.656. The molecule has 0 aliphatic rings. The van der Waals surface area contributed by atoms with E-state index in [1.54, 1.807) is 12.1 Å². The highest BCUT2D eigenvalue weighted by Gasteiger charge is 2.17. The van der Waals surface area contributed by atoms with Crippen molar-refractivity contribution in [2.24, 2.45) is 5.84 Å². The Hall–Kier alpha value is -1.62. The molecular formula is C15H16ClFN2O. The summed E-state index contributed by atoms with van der Waals surface area (Å²) in [5.41, 5.74) is 4.14. The van der Waals surface area contributed by atoms with Gasteiger partial charge < -0.3 is 4.74 Å². The molecule has 3 N–H and O–H groups in total. The van der Waals surface area contributed by atoms with E-state index in [1.165, 1.54) is 6.07 Å². The highest BCUT2D eigenvalue weighted by atomic mass is 35.5. The van der Waals surface area contributed by atoms with Gasteiger partial charge in [-0.2, -0.15) is 0 Å². The van der Waals surface area contributed by atoms with Gasteiger partial charge in [0, 0.05) is 0 Å². The van der Waals surface area contributed by atoms with Gasteiger partial charge in [-0.3, -0.25) is 5.84 Å². The summed E-state index contributed by atoms with van der Waals surface area (Å²) in [5, 5.41) is 0.0735. The number of nitrogens with one attached hydrogen (secondary N) is 1. The van der Waals surface area contributed by atoms with Crippen LogP contribution in [0.2, 0.25) is 5.02 Å². The van der Waals surface area contributed by atoms with Gasteiger partial charge >= 0.3 is 0 Å². The molecule has 0 aliphatic heterocycles. The predicted octanol–water partition coefficient (Wildman–Crippen LogP) is 3.43. The number of benzene rings is 2. The van der Waals surface area contributed by atoms with Crippen LogP contribution < -0.4 is 16.0 Å². The molecule has 0 spiro atoms. The van der Waals surface area contributed by atoms with Crippen molar-refractivity contribution in [1.29, 1.82) is 0 Å². The highest BCUT2D eigenvalue weighted by Crippen LogP contribution is 2.30.